The Bertz CT molecular complexity index is 806. The summed E-state index contributed by atoms with van der Waals surface area (Å²) in [6.45, 7) is 6.34. The highest BCUT2D eigenvalue weighted by atomic mass is 79.9. The molecule has 0 bridgehead atoms. The fraction of sp³-hybridized carbons (Fsp3) is 0.588. The van der Waals surface area contributed by atoms with E-state index in [1.54, 1.807) is 6.20 Å². The van der Waals surface area contributed by atoms with Crippen molar-refractivity contribution in [2.45, 2.75) is 45.4 Å². The van der Waals surface area contributed by atoms with Crippen LogP contribution < -0.4 is 0 Å². The Morgan fingerprint density at radius 3 is 2.79 bits per heavy atom. The molecular weight excluding hydrogens is 394 g/mol. The van der Waals surface area contributed by atoms with E-state index in [-0.39, 0.29) is 17.3 Å². The molecular formula is C17H21BrClN3O2. The van der Waals surface area contributed by atoms with E-state index < -0.39 is 5.41 Å². The Hall–Kier alpha value is -1.14. The van der Waals surface area contributed by atoms with E-state index in [4.69, 9.17) is 21.3 Å². The molecule has 5 nitrogen and oxygen atoms in total. The van der Waals surface area contributed by atoms with E-state index in [2.05, 4.69) is 41.7 Å². The average Bonchev–Trinajstić information content (AvgIpc) is 3.08. The monoisotopic (exact) mass is 413 g/mol. The number of carbonyl (C=O) groups excluding carboxylic acids is 1. The number of ether oxygens (including phenoxy) is 1. The quantitative estimate of drug-likeness (QED) is 0.698. The maximum Gasteiger partial charge on any atom is 0.312 e. The maximum absolute atomic E-state index is 12.5. The van der Waals surface area contributed by atoms with Gasteiger partial charge < -0.3 is 4.74 Å². The second kappa shape index (κ2) is 5.99. The van der Waals surface area contributed by atoms with Crippen LogP contribution in [0.5, 0.6) is 0 Å². The number of fused-ring (bicyclic) bond motifs is 1. The highest BCUT2D eigenvalue weighted by molar-refractivity contribution is 9.10. The van der Waals surface area contributed by atoms with Crippen LogP contribution in [-0.2, 0) is 14.9 Å². The molecule has 0 unspecified atom stereocenters. The van der Waals surface area contributed by atoms with Crippen molar-refractivity contribution in [3.63, 3.8) is 0 Å². The van der Waals surface area contributed by atoms with Crippen molar-refractivity contribution in [1.29, 1.82) is 0 Å². The summed E-state index contributed by atoms with van der Waals surface area (Å²) in [4.78, 5) is 21.4. The minimum Gasteiger partial charge on any atom is -0.469 e. The number of rotatable bonds is 3. The third-order valence-electron chi connectivity index (χ3n) is 5.53. The normalized spacial score (nSPS) is 27.1. The van der Waals surface area contributed by atoms with E-state index >= 15 is 0 Å². The molecule has 0 aliphatic heterocycles. The zero-order valence-electron chi connectivity index (χ0n) is 14.3. The van der Waals surface area contributed by atoms with Crippen molar-refractivity contribution in [3.8, 4) is 0 Å². The minimum atomic E-state index is -0.474. The summed E-state index contributed by atoms with van der Waals surface area (Å²) in [7, 11) is 1.47. The number of methoxy groups -OCH3 is 1. The summed E-state index contributed by atoms with van der Waals surface area (Å²) in [6.07, 6.45) is 5.90. The molecule has 7 heteroatoms. The van der Waals surface area contributed by atoms with Crippen LogP contribution in [0, 0.1) is 11.3 Å². The summed E-state index contributed by atoms with van der Waals surface area (Å²) < 4.78 is 7.79. The molecule has 24 heavy (non-hydrogen) atoms. The molecule has 1 fully saturated rings. The van der Waals surface area contributed by atoms with Gasteiger partial charge in [0.05, 0.1) is 12.5 Å². The standard InChI is InChI=1S/C17H21BrClN3O2/c1-10(2)17(15(23)24-4)6-5-16(3,9-17)14-21-12(18)11-13(19)20-7-8-22(11)14/h7-8,10H,5-6,9H2,1-4H3/t16-,17+/m0/s1. The van der Waals surface area contributed by atoms with Crippen LogP contribution >= 0.6 is 27.5 Å². The topological polar surface area (TPSA) is 56.5 Å². The van der Waals surface area contributed by atoms with Gasteiger partial charge in [-0.1, -0.05) is 32.4 Å². The van der Waals surface area contributed by atoms with Crippen LogP contribution in [0.3, 0.4) is 0 Å². The van der Waals surface area contributed by atoms with Crippen LogP contribution in [0.2, 0.25) is 5.15 Å². The molecule has 1 aliphatic carbocycles. The molecule has 1 aliphatic rings. The number of esters is 1. The molecule has 0 N–H and O–H groups in total. The second-order valence-electron chi connectivity index (χ2n) is 7.20. The van der Waals surface area contributed by atoms with Crippen LogP contribution in [0.4, 0.5) is 0 Å². The van der Waals surface area contributed by atoms with E-state index in [9.17, 15) is 4.79 Å². The largest absolute Gasteiger partial charge is 0.469 e. The molecule has 1 saturated carbocycles. The lowest BCUT2D eigenvalue weighted by Crippen LogP contribution is -2.37. The Morgan fingerprint density at radius 2 is 2.17 bits per heavy atom. The van der Waals surface area contributed by atoms with E-state index in [1.165, 1.54) is 7.11 Å². The lowest BCUT2D eigenvalue weighted by molar-refractivity contribution is -0.155. The number of hydrogen-bond acceptors (Lipinski definition) is 4. The van der Waals surface area contributed by atoms with Crippen molar-refractivity contribution in [3.05, 3.63) is 28.0 Å². The number of nitrogens with zero attached hydrogens (tertiary/aromatic N) is 3. The van der Waals surface area contributed by atoms with Gasteiger partial charge in [0.25, 0.3) is 0 Å². The predicted molar refractivity (Wildman–Crippen MR) is 96.2 cm³/mol. The lowest BCUT2D eigenvalue weighted by atomic mass is 9.72. The SMILES string of the molecule is COC(=O)[C@]1(C(C)C)CC[C@](C)(c2nc(Br)c3c(Cl)nccn23)C1. The van der Waals surface area contributed by atoms with Gasteiger partial charge in [0.1, 0.15) is 15.9 Å². The van der Waals surface area contributed by atoms with E-state index in [0.717, 1.165) is 24.2 Å². The highest BCUT2D eigenvalue weighted by Gasteiger charge is 2.55. The Morgan fingerprint density at radius 1 is 1.46 bits per heavy atom. The van der Waals surface area contributed by atoms with Crippen molar-refractivity contribution in [2.24, 2.45) is 11.3 Å². The third-order valence-corrected chi connectivity index (χ3v) is 6.36. The van der Waals surface area contributed by atoms with Crippen LogP contribution in [0.25, 0.3) is 5.52 Å². The van der Waals surface area contributed by atoms with Gasteiger partial charge in [-0.05, 0) is 41.1 Å². The van der Waals surface area contributed by atoms with Gasteiger partial charge >= 0.3 is 5.97 Å². The Balaban J connectivity index is 2.11. The molecule has 2 aromatic rings. The zero-order chi connectivity index (χ0) is 17.7. The summed E-state index contributed by atoms with van der Waals surface area (Å²) in [6, 6.07) is 0. The molecule has 0 spiro atoms. The van der Waals surface area contributed by atoms with Gasteiger partial charge in [0.15, 0.2) is 5.15 Å². The first-order valence-electron chi connectivity index (χ1n) is 8.02. The average molecular weight is 415 g/mol. The Labute approximate surface area is 154 Å². The lowest BCUT2D eigenvalue weighted by Gasteiger charge is -2.32. The molecule has 0 radical (unpaired) electrons. The number of imidazole rings is 1. The number of aromatic nitrogens is 3. The van der Waals surface area contributed by atoms with Gasteiger partial charge in [0, 0.05) is 17.8 Å². The van der Waals surface area contributed by atoms with Crippen molar-refractivity contribution in [2.75, 3.05) is 7.11 Å². The van der Waals surface area contributed by atoms with Crippen molar-refractivity contribution >= 4 is 39.0 Å². The fourth-order valence-electron chi connectivity index (χ4n) is 4.06. The molecule has 0 aromatic carbocycles. The van der Waals surface area contributed by atoms with Gasteiger partial charge in [-0.2, -0.15) is 0 Å². The molecule has 0 amide bonds. The number of hydrogen-bond donors (Lipinski definition) is 0. The zero-order valence-corrected chi connectivity index (χ0v) is 16.6. The molecule has 2 aromatic heterocycles. The first-order valence-corrected chi connectivity index (χ1v) is 9.19. The number of halogens is 2. The second-order valence-corrected chi connectivity index (χ2v) is 8.31. The minimum absolute atomic E-state index is 0.124. The van der Waals surface area contributed by atoms with Gasteiger partial charge in [-0.25, -0.2) is 9.97 Å². The molecule has 130 valence electrons. The third kappa shape index (κ3) is 2.46. The smallest absolute Gasteiger partial charge is 0.312 e. The van der Waals surface area contributed by atoms with Gasteiger partial charge in [-0.3, -0.25) is 9.20 Å². The van der Waals surface area contributed by atoms with Crippen LogP contribution in [0.1, 0.15) is 45.9 Å². The molecule has 3 rings (SSSR count). The number of carbonyl (C=O) groups is 1. The van der Waals surface area contributed by atoms with E-state index in [1.807, 2.05) is 10.6 Å². The van der Waals surface area contributed by atoms with Gasteiger partial charge in [0.2, 0.25) is 0 Å². The van der Waals surface area contributed by atoms with Crippen molar-refractivity contribution < 1.29 is 9.53 Å². The Kier molecular flexibility index (Phi) is 4.41. The molecule has 0 saturated heterocycles. The maximum atomic E-state index is 12.5. The summed E-state index contributed by atoms with van der Waals surface area (Å²) in [5.74, 6) is 0.979. The van der Waals surface area contributed by atoms with Crippen LogP contribution in [0.15, 0.2) is 17.0 Å². The summed E-state index contributed by atoms with van der Waals surface area (Å²) in [5, 5.41) is 0.410. The van der Waals surface area contributed by atoms with Crippen molar-refractivity contribution in [1.82, 2.24) is 14.4 Å². The fourth-order valence-corrected chi connectivity index (χ4v) is 4.95. The highest BCUT2D eigenvalue weighted by Crippen LogP contribution is 2.55. The van der Waals surface area contributed by atoms with Crippen LogP contribution in [-0.4, -0.2) is 27.4 Å². The summed E-state index contributed by atoms with van der Waals surface area (Å²) >= 11 is 9.72. The first kappa shape index (κ1) is 17.7. The predicted octanol–water partition coefficient (Wildman–Crippen LogP) is 4.40. The molecule has 2 heterocycles. The first-order chi connectivity index (χ1) is 11.2. The molecule has 2 atom stereocenters. The van der Waals surface area contributed by atoms with E-state index in [0.29, 0.717) is 16.2 Å². The summed E-state index contributed by atoms with van der Waals surface area (Å²) in [5.41, 5.74) is 0.0481. The van der Waals surface area contributed by atoms with Gasteiger partial charge in [-0.15, -0.1) is 0 Å².